The predicted octanol–water partition coefficient (Wildman–Crippen LogP) is 0.000400. The van der Waals surface area contributed by atoms with E-state index in [0.29, 0.717) is 18.0 Å². The van der Waals surface area contributed by atoms with Gasteiger partial charge in [-0.25, -0.2) is 8.42 Å². The van der Waals surface area contributed by atoms with Crippen molar-refractivity contribution in [3.8, 4) is 0 Å². The number of amides is 1. The Bertz CT molecular complexity index is 731. The number of sulfonamides is 1. The first-order valence-electron chi connectivity index (χ1n) is 7.17. The molecule has 9 heteroatoms. The maximum atomic E-state index is 11.9. The van der Waals surface area contributed by atoms with Gasteiger partial charge in [-0.3, -0.25) is 14.5 Å². The van der Waals surface area contributed by atoms with Crippen LogP contribution in [0.1, 0.15) is 18.4 Å². The molecule has 3 rings (SSSR count). The topological polar surface area (TPSA) is 114 Å². The van der Waals surface area contributed by atoms with Crippen LogP contribution in [0.4, 0.5) is 0 Å². The zero-order valence-electron chi connectivity index (χ0n) is 12.4. The van der Waals surface area contributed by atoms with Crippen molar-refractivity contribution in [3.05, 3.63) is 29.8 Å². The number of benzene rings is 1. The van der Waals surface area contributed by atoms with Gasteiger partial charge in [-0.05, 0) is 30.9 Å². The molecule has 1 aliphatic carbocycles. The van der Waals surface area contributed by atoms with Crippen molar-refractivity contribution in [1.82, 2.24) is 10.0 Å². The number of nitrogens with two attached hydrogens (primary N) is 1. The van der Waals surface area contributed by atoms with E-state index in [0.717, 1.165) is 12.8 Å². The lowest BCUT2D eigenvalue weighted by molar-refractivity contribution is -0.120. The molecule has 126 valence electrons. The number of aliphatic imine (C=N–C) groups is 1. The normalized spacial score (nSPS) is 21.0. The summed E-state index contributed by atoms with van der Waals surface area (Å²) in [6.45, 7) is 0.276. The number of rotatable bonds is 5. The van der Waals surface area contributed by atoms with Crippen molar-refractivity contribution in [2.24, 2.45) is 16.6 Å². The molecule has 0 saturated heterocycles. The largest absolute Gasteiger partial charge is 0.350 e. The summed E-state index contributed by atoms with van der Waals surface area (Å²) in [7, 11) is -3.57. The van der Waals surface area contributed by atoms with Crippen molar-refractivity contribution in [2.75, 3.05) is 13.1 Å². The third kappa shape index (κ3) is 3.82. The average molecular weight is 359 g/mol. The third-order valence-electron chi connectivity index (χ3n) is 3.83. The first kappa shape index (κ1) is 17.7. The first-order chi connectivity index (χ1) is 10.5. The van der Waals surface area contributed by atoms with Crippen molar-refractivity contribution >= 4 is 34.2 Å². The SMILES string of the molecule is Cl.NCC(NC(=O)CN=C1NS(=O)(=O)c2ccccc21)C1CC1. The fourth-order valence-corrected chi connectivity index (χ4v) is 3.77. The molecule has 0 radical (unpaired) electrons. The second-order valence-corrected chi connectivity index (χ2v) is 7.16. The Balaban J connectivity index is 0.00000192. The quantitative estimate of drug-likeness (QED) is 0.687. The van der Waals surface area contributed by atoms with Crippen LogP contribution in [0.3, 0.4) is 0 Å². The first-order valence-corrected chi connectivity index (χ1v) is 8.65. The number of fused-ring (bicyclic) bond motifs is 1. The van der Waals surface area contributed by atoms with Gasteiger partial charge in [-0.15, -0.1) is 12.4 Å². The molecule has 1 aliphatic heterocycles. The Labute approximate surface area is 141 Å². The van der Waals surface area contributed by atoms with E-state index < -0.39 is 10.0 Å². The highest BCUT2D eigenvalue weighted by atomic mass is 35.5. The van der Waals surface area contributed by atoms with Gasteiger partial charge in [-0.2, -0.15) is 0 Å². The van der Waals surface area contributed by atoms with Crippen molar-refractivity contribution in [2.45, 2.75) is 23.8 Å². The summed E-state index contributed by atoms with van der Waals surface area (Å²) in [6, 6.07) is 6.54. The molecule has 1 aromatic rings. The minimum atomic E-state index is -3.57. The summed E-state index contributed by atoms with van der Waals surface area (Å²) in [4.78, 5) is 16.2. The number of nitrogens with one attached hydrogen (secondary N) is 2. The highest BCUT2D eigenvalue weighted by Crippen LogP contribution is 2.32. The van der Waals surface area contributed by atoms with E-state index >= 15 is 0 Å². The highest BCUT2D eigenvalue weighted by Gasteiger charge is 2.32. The van der Waals surface area contributed by atoms with E-state index in [1.165, 1.54) is 6.07 Å². The molecule has 0 spiro atoms. The van der Waals surface area contributed by atoms with Gasteiger partial charge < -0.3 is 11.1 Å². The van der Waals surface area contributed by atoms with Gasteiger partial charge in [0.15, 0.2) is 0 Å². The molecule has 4 N–H and O–H groups in total. The Hall–Kier alpha value is -1.64. The highest BCUT2D eigenvalue weighted by molar-refractivity contribution is 7.90. The molecular weight excluding hydrogens is 340 g/mol. The zero-order valence-corrected chi connectivity index (χ0v) is 14.0. The standard InChI is InChI=1S/C14H18N4O3S.ClH/c15-7-11(9-5-6-9)17-13(19)8-16-14-10-3-1-2-4-12(10)22(20,21)18-14;/h1-4,9,11H,5-8,15H2,(H,16,18)(H,17,19);1H. The summed E-state index contributed by atoms with van der Waals surface area (Å²) in [5.74, 6) is 0.423. The molecule has 23 heavy (non-hydrogen) atoms. The molecule has 0 aromatic heterocycles. The van der Waals surface area contributed by atoms with Crippen LogP contribution in [0.2, 0.25) is 0 Å². The number of nitrogens with zero attached hydrogens (tertiary/aromatic N) is 1. The smallest absolute Gasteiger partial charge is 0.263 e. The zero-order chi connectivity index (χ0) is 15.7. The van der Waals surface area contributed by atoms with Gasteiger partial charge in [0, 0.05) is 18.2 Å². The summed E-state index contributed by atoms with van der Waals surface area (Å²) in [6.07, 6.45) is 2.17. The lowest BCUT2D eigenvalue weighted by Crippen LogP contribution is -2.43. The minimum Gasteiger partial charge on any atom is -0.350 e. The van der Waals surface area contributed by atoms with E-state index in [1.807, 2.05) is 0 Å². The van der Waals surface area contributed by atoms with Gasteiger partial charge in [0.05, 0.1) is 4.90 Å². The molecule has 1 fully saturated rings. The Morgan fingerprint density at radius 2 is 2.09 bits per heavy atom. The van der Waals surface area contributed by atoms with Gasteiger partial charge in [0.1, 0.15) is 12.4 Å². The fraction of sp³-hybridized carbons (Fsp3) is 0.429. The van der Waals surface area contributed by atoms with Crippen LogP contribution in [0.5, 0.6) is 0 Å². The van der Waals surface area contributed by atoms with Crippen LogP contribution < -0.4 is 15.8 Å². The van der Waals surface area contributed by atoms with E-state index in [-0.39, 0.29) is 41.6 Å². The number of amidine groups is 1. The number of hydrogen-bond donors (Lipinski definition) is 3. The van der Waals surface area contributed by atoms with E-state index in [1.54, 1.807) is 18.2 Å². The predicted molar refractivity (Wildman–Crippen MR) is 89.1 cm³/mol. The Morgan fingerprint density at radius 3 is 2.74 bits per heavy atom. The molecule has 1 unspecified atom stereocenters. The van der Waals surface area contributed by atoms with Crippen molar-refractivity contribution in [3.63, 3.8) is 0 Å². The maximum Gasteiger partial charge on any atom is 0.263 e. The fourth-order valence-electron chi connectivity index (χ4n) is 2.52. The molecule has 1 heterocycles. The molecule has 7 nitrogen and oxygen atoms in total. The number of carbonyl (C=O) groups is 1. The van der Waals surface area contributed by atoms with Crippen LogP contribution in [-0.2, 0) is 14.8 Å². The van der Waals surface area contributed by atoms with Crippen LogP contribution in [0.25, 0.3) is 0 Å². The lowest BCUT2D eigenvalue weighted by Gasteiger charge is -2.15. The second-order valence-electron chi connectivity index (χ2n) is 5.51. The Morgan fingerprint density at radius 1 is 1.39 bits per heavy atom. The van der Waals surface area contributed by atoms with Gasteiger partial charge >= 0.3 is 0 Å². The van der Waals surface area contributed by atoms with Crippen LogP contribution in [0.15, 0.2) is 34.2 Å². The minimum absolute atomic E-state index is 0. The van der Waals surface area contributed by atoms with Crippen molar-refractivity contribution in [1.29, 1.82) is 0 Å². The van der Waals surface area contributed by atoms with Crippen LogP contribution in [0, 0.1) is 5.92 Å². The summed E-state index contributed by atoms with van der Waals surface area (Å²) < 4.78 is 26.2. The number of hydrogen-bond acceptors (Lipinski definition) is 5. The molecule has 1 aromatic carbocycles. The van der Waals surface area contributed by atoms with Gasteiger partial charge in [0.25, 0.3) is 10.0 Å². The molecule has 2 aliphatic rings. The second kappa shape index (κ2) is 6.86. The van der Waals surface area contributed by atoms with Gasteiger partial charge in [0.2, 0.25) is 5.91 Å². The number of carbonyl (C=O) groups excluding carboxylic acids is 1. The molecule has 1 amide bonds. The third-order valence-corrected chi connectivity index (χ3v) is 5.23. The maximum absolute atomic E-state index is 11.9. The molecule has 1 saturated carbocycles. The van der Waals surface area contributed by atoms with Gasteiger partial charge in [-0.1, -0.05) is 12.1 Å². The molecule has 0 bridgehead atoms. The molecule has 1 atom stereocenters. The summed E-state index contributed by atoms with van der Waals surface area (Å²) >= 11 is 0. The molecular formula is C14H19ClN4O3S. The summed E-state index contributed by atoms with van der Waals surface area (Å²) in [5, 5.41) is 2.85. The van der Waals surface area contributed by atoms with Crippen molar-refractivity contribution < 1.29 is 13.2 Å². The average Bonchev–Trinajstić information content (AvgIpc) is 3.30. The van der Waals surface area contributed by atoms with E-state index in [2.05, 4.69) is 15.0 Å². The summed E-state index contributed by atoms with van der Waals surface area (Å²) in [5.41, 5.74) is 6.13. The lowest BCUT2D eigenvalue weighted by atomic mass is 10.2. The monoisotopic (exact) mass is 358 g/mol. The van der Waals surface area contributed by atoms with Crippen LogP contribution in [-0.4, -0.2) is 39.3 Å². The number of halogens is 1. The van der Waals surface area contributed by atoms with Crippen LogP contribution >= 0.6 is 12.4 Å². The van der Waals surface area contributed by atoms with E-state index in [9.17, 15) is 13.2 Å². The Kier molecular flexibility index (Phi) is 5.28. The van der Waals surface area contributed by atoms with E-state index in [4.69, 9.17) is 5.73 Å².